The smallest absolute Gasteiger partial charge is 0.126 e. The van der Waals surface area contributed by atoms with Crippen molar-refractivity contribution in [1.82, 2.24) is 0 Å². The standard InChI is InChI=1S/C6H11FO/c7-5-3-1-2-4-6(5)8/h5-6,8H,1-4H2/t5-,6-/m1/s1. The molecule has 0 spiro atoms. The van der Waals surface area contributed by atoms with E-state index in [2.05, 4.69) is 0 Å². The maximum absolute atomic E-state index is 12.3. The number of aliphatic hydroxyl groups is 1. The van der Waals surface area contributed by atoms with Gasteiger partial charge in [-0.2, -0.15) is 0 Å². The van der Waals surface area contributed by atoms with Gasteiger partial charge in [0.15, 0.2) is 0 Å². The number of alkyl halides is 1. The van der Waals surface area contributed by atoms with Crippen LogP contribution in [0, 0.1) is 0 Å². The molecule has 48 valence electrons. The Morgan fingerprint density at radius 1 is 1.25 bits per heavy atom. The second-order valence-electron chi connectivity index (χ2n) is 2.37. The summed E-state index contributed by atoms with van der Waals surface area (Å²) in [5.74, 6) is 0. The molecule has 0 aromatic heterocycles. The van der Waals surface area contributed by atoms with Crippen molar-refractivity contribution >= 4 is 0 Å². The Labute approximate surface area is 48.5 Å². The molecular formula is C6H11FO. The lowest BCUT2D eigenvalue weighted by Gasteiger charge is -2.20. The SMILES string of the molecule is O[C@@H]1CCCC[C@H]1F. The molecule has 0 heterocycles. The van der Waals surface area contributed by atoms with Crippen LogP contribution in [0.4, 0.5) is 4.39 Å². The van der Waals surface area contributed by atoms with Crippen molar-refractivity contribution in [2.24, 2.45) is 0 Å². The lowest BCUT2D eigenvalue weighted by molar-refractivity contribution is 0.0442. The van der Waals surface area contributed by atoms with Crippen LogP contribution in [0.5, 0.6) is 0 Å². The summed E-state index contributed by atoms with van der Waals surface area (Å²) in [5, 5.41) is 8.80. The van der Waals surface area contributed by atoms with Crippen LogP contribution >= 0.6 is 0 Å². The first-order valence-corrected chi connectivity index (χ1v) is 3.13. The van der Waals surface area contributed by atoms with Gasteiger partial charge in [0.1, 0.15) is 6.17 Å². The zero-order chi connectivity index (χ0) is 5.98. The second-order valence-corrected chi connectivity index (χ2v) is 2.37. The molecule has 0 bridgehead atoms. The average molecular weight is 118 g/mol. The Morgan fingerprint density at radius 3 is 2.25 bits per heavy atom. The molecule has 1 nitrogen and oxygen atoms in total. The largest absolute Gasteiger partial charge is 0.390 e. The van der Waals surface area contributed by atoms with Crippen molar-refractivity contribution in [3.8, 4) is 0 Å². The molecule has 1 aliphatic carbocycles. The highest BCUT2D eigenvalue weighted by atomic mass is 19.1. The van der Waals surface area contributed by atoms with Crippen LogP contribution in [0.3, 0.4) is 0 Å². The van der Waals surface area contributed by atoms with E-state index in [1.807, 2.05) is 0 Å². The molecule has 0 aromatic carbocycles. The van der Waals surface area contributed by atoms with Crippen LogP contribution in [-0.2, 0) is 0 Å². The van der Waals surface area contributed by atoms with Gasteiger partial charge in [0.05, 0.1) is 6.10 Å². The number of hydrogen-bond donors (Lipinski definition) is 1. The molecule has 0 aromatic rings. The maximum atomic E-state index is 12.3. The quantitative estimate of drug-likeness (QED) is 0.507. The molecule has 2 atom stereocenters. The van der Waals surface area contributed by atoms with Crippen LogP contribution in [0.1, 0.15) is 25.7 Å². The van der Waals surface area contributed by atoms with E-state index in [-0.39, 0.29) is 0 Å². The van der Waals surface area contributed by atoms with Gasteiger partial charge in [-0.3, -0.25) is 0 Å². The van der Waals surface area contributed by atoms with Gasteiger partial charge < -0.3 is 5.11 Å². The highest BCUT2D eigenvalue weighted by Crippen LogP contribution is 2.20. The molecule has 0 radical (unpaired) electrons. The highest BCUT2D eigenvalue weighted by Gasteiger charge is 2.21. The van der Waals surface area contributed by atoms with E-state index in [1.54, 1.807) is 0 Å². The summed E-state index contributed by atoms with van der Waals surface area (Å²) in [6.45, 7) is 0. The molecule has 0 saturated heterocycles. The molecule has 2 heteroatoms. The minimum absolute atomic E-state index is 0.557. The number of hydrogen-bond acceptors (Lipinski definition) is 1. The van der Waals surface area contributed by atoms with Gasteiger partial charge in [-0.25, -0.2) is 4.39 Å². The Morgan fingerprint density at radius 2 is 1.88 bits per heavy atom. The van der Waals surface area contributed by atoms with E-state index in [1.165, 1.54) is 0 Å². The molecule has 0 unspecified atom stereocenters. The fourth-order valence-electron chi connectivity index (χ4n) is 1.07. The van der Waals surface area contributed by atoms with Crippen molar-refractivity contribution in [2.75, 3.05) is 0 Å². The van der Waals surface area contributed by atoms with Gasteiger partial charge in [-0.15, -0.1) is 0 Å². The van der Waals surface area contributed by atoms with E-state index in [0.717, 1.165) is 12.8 Å². The van der Waals surface area contributed by atoms with Crippen molar-refractivity contribution in [3.63, 3.8) is 0 Å². The van der Waals surface area contributed by atoms with Gasteiger partial charge in [-0.1, -0.05) is 12.8 Å². The molecule has 8 heavy (non-hydrogen) atoms. The average Bonchev–Trinajstić information content (AvgIpc) is 1.77. The predicted molar refractivity (Wildman–Crippen MR) is 29.4 cm³/mol. The maximum Gasteiger partial charge on any atom is 0.126 e. The highest BCUT2D eigenvalue weighted by molar-refractivity contribution is 4.72. The third-order valence-electron chi connectivity index (χ3n) is 1.65. The monoisotopic (exact) mass is 118 g/mol. The van der Waals surface area contributed by atoms with Gasteiger partial charge in [0.25, 0.3) is 0 Å². The molecule has 1 N–H and O–H groups in total. The zero-order valence-electron chi connectivity index (χ0n) is 4.81. The van der Waals surface area contributed by atoms with E-state index >= 15 is 0 Å². The first kappa shape index (κ1) is 6.02. The van der Waals surface area contributed by atoms with Crippen molar-refractivity contribution in [3.05, 3.63) is 0 Å². The van der Waals surface area contributed by atoms with Gasteiger partial charge >= 0.3 is 0 Å². The summed E-state index contributed by atoms with van der Waals surface area (Å²) < 4.78 is 12.3. The van der Waals surface area contributed by atoms with Crippen LogP contribution < -0.4 is 0 Å². The van der Waals surface area contributed by atoms with Gasteiger partial charge in [-0.05, 0) is 12.8 Å². The van der Waals surface area contributed by atoms with Gasteiger partial charge in [0, 0.05) is 0 Å². The van der Waals surface area contributed by atoms with Crippen LogP contribution in [-0.4, -0.2) is 17.4 Å². The third kappa shape index (κ3) is 1.19. The normalized spacial score (nSPS) is 39.8. The van der Waals surface area contributed by atoms with Crippen molar-refractivity contribution < 1.29 is 9.50 Å². The van der Waals surface area contributed by atoms with E-state index in [4.69, 9.17) is 5.11 Å². The molecule has 0 aliphatic heterocycles. The zero-order valence-corrected chi connectivity index (χ0v) is 4.81. The molecule has 1 saturated carbocycles. The number of halogens is 1. The van der Waals surface area contributed by atoms with Crippen LogP contribution in [0.25, 0.3) is 0 Å². The Bertz CT molecular complexity index is 64.9. The van der Waals surface area contributed by atoms with Crippen LogP contribution in [0.15, 0.2) is 0 Å². The Kier molecular flexibility index (Phi) is 1.84. The summed E-state index contributed by atoms with van der Waals surface area (Å²) >= 11 is 0. The van der Waals surface area contributed by atoms with Gasteiger partial charge in [0.2, 0.25) is 0 Å². The molecule has 0 amide bonds. The third-order valence-corrected chi connectivity index (χ3v) is 1.65. The number of aliphatic hydroxyl groups excluding tert-OH is 1. The summed E-state index contributed by atoms with van der Waals surface area (Å²) in [5.41, 5.74) is 0. The summed E-state index contributed by atoms with van der Waals surface area (Å²) in [6.07, 6.45) is 1.54. The summed E-state index contributed by atoms with van der Waals surface area (Å²) in [7, 11) is 0. The molecule has 1 rings (SSSR count). The molecule has 1 aliphatic rings. The first-order valence-electron chi connectivity index (χ1n) is 3.13. The van der Waals surface area contributed by atoms with Crippen LogP contribution in [0.2, 0.25) is 0 Å². The van der Waals surface area contributed by atoms with Crippen molar-refractivity contribution in [1.29, 1.82) is 0 Å². The fourth-order valence-corrected chi connectivity index (χ4v) is 1.07. The second kappa shape index (κ2) is 2.44. The first-order chi connectivity index (χ1) is 3.80. The summed E-state index contributed by atoms with van der Waals surface area (Å²) in [6, 6.07) is 0. The Balaban J connectivity index is 2.28. The minimum Gasteiger partial charge on any atom is -0.390 e. The predicted octanol–water partition coefficient (Wildman–Crippen LogP) is 1.26. The summed E-state index contributed by atoms with van der Waals surface area (Å²) in [4.78, 5) is 0. The van der Waals surface area contributed by atoms with E-state index in [9.17, 15) is 4.39 Å². The molecular weight excluding hydrogens is 107 g/mol. The van der Waals surface area contributed by atoms with E-state index in [0.29, 0.717) is 12.8 Å². The fraction of sp³-hybridized carbons (Fsp3) is 1.00. The molecule has 1 fully saturated rings. The van der Waals surface area contributed by atoms with Crippen molar-refractivity contribution in [2.45, 2.75) is 38.0 Å². The lowest BCUT2D eigenvalue weighted by Crippen LogP contribution is -2.25. The number of rotatable bonds is 0. The van der Waals surface area contributed by atoms with E-state index < -0.39 is 12.3 Å². The Hall–Kier alpha value is -0.110. The topological polar surface area (TPSA) is 20.2 Å². The minimum atomic E-state index is -0.941. The lowest BCUT2D eigenvalue weighted by atomic mass is 9.96.